The number of para-hydroxylation sites is 1. The Balaban J connectivity index is 2.53. The number of hydrogen-bond acceptors (Lipinski definition) is 4. The third-order valence-electron chi connectivity index (χ3n) is 3.19. The van der Waals surface area contributed by atoms with Crippen molar-refractivity contribution in [2.24, 2.45) is 0 Å². The summed E-state index contributed by atoms with van der Waals surface area (Å²) < 4.78 is 4.84. The van der Waals surface area contributed by atoms with E-state index < -0.39 is 0 Å². The first-order valence-electron chi connectivity index (χ1n) is 5.90. The number of anilines is 2. The largest absolute Gasteiger partial charge is 0.465 e. The van der Waals surface area contributed by atoms with Crippen molar-refractivity contribution in [3.63, 3.8) is 0 Å². The van der Waals surface area contributed by atoms with Gasteiger partial charge in [-0.3, -0.25) is 0 Å². The summed E-state index contributed by atoms with van der Waals surface area (Å²) in [4.78, 5) is 14.0. The fourth-order valence-corrected chi connectivity index (χ4v) is 2.33. The highest BCUT2D eigenvalue weighted by atomic mass is 16.5. The van der Waals surface area contributed by atoms with Crippen LogP contribution in [0.5, 0.6) is 0 Å². The molecule has 1 N–H and O–H groups in total. The van der Waals surface area contributed by atoms with Crippen LogP contribution in [-0.2, 0) is 4.74 Å². The number of hydrogen-bond donors (Lipinski definition) is 1. The highest BCUT2D eigenvalue weighted by Gasteiger charge is 2.26. The van der Waals surface area contributed by atoms with Crippen molar-refractivity contribution in [1.82, 2.24) is 0 Å². The zero-order valence-electron chi connectivity index (χ0n) is 10.5. The molecule has 1 aliphatic heterocycles. The molecule has 0 aliphatic carbocycles. The van der Waals surface area contributed by atoms with Crippen LogP contribution >= 0.6 is 0 Å². The summed E-state index contributed by atoms with van der Waals surface area (Å²) in [6.07, 6.45) is 0. The van der Waals surface area contributed by atoms with Gasteiger partial charge in [-0.1, -0.05) is 6.07 Å². The first-order chi connectivity index (χ1) is 8.19. The summed E-state index contributed by atoms with van der Waals surface area (Å²) in [6.45, 7) is 6.02. The van der Waals surface area contributed by atoms with E-state index in [1.54, 1.807) is 0 Å². The van der Waals surface area contributed by atoms with E-state index in [4.69, 9.17) is 4.74 Å². The maximum Gasteiger partial charge on any atom is 0.340 e. The van der Waals surface area contributed by atoms with Crippen LogP contribution < -0.4 is 10.2 Å². The van der Waals surface area contributed by atoms with Crippen LogP contribution in [0.1, 0.15) is 24.2 Å². The zero-order chi connectivity index (χ0) is 12.4. The smallest absolute Gasteiger partial charge is 0.340 e. The van der Waals surface area contributed by atoms with Gasteiger partial charge < -0.3 is 15.0 Å². The van der Waals surface area contributed by atoms with Crippen LogP contribution in [0.2, 0.25) is 0 Å². The Bertz CT molecular complexity index is 431. The summed E-state index contributed by atoms with van der Waals surface area (Å²) in [5.41, 5.74) is 2.60. The minimum absolute atomic E-state index is 0.281. The molecule has 0 fully saturated rings. The van der Waals surface area contributed by atoms with E-state index in [9.17, 15) is 4.79 Å². The third kappa shape index (κ3) is 1.95. The van der Waals surface area contributed by atoms with Crippen LogP contribution in [0.15, 0.2) is 18.2 Å². The Morgan fingerprint density at radius 2 is 2.35 bits per heavy atom. The van der Waals surface area contributed by atoms with Gasteiger partial charge in [0.05, 0.1) is 24.0 Å². The highest BCUT2D eigenvalue weighted by molar-refractivity contribution is 6.00. The molecule has 0 saturated carbocycles. The lowest BCUT2D eigenvalue weighted by Crippen LogP contribution is -2.42. The molecule has 1 aromatic rings. The summed E-state index contributed by atoms with van der Waals surface area (Å²) in [7, 11) is 1.41. The molecule has 1 aromatic carbocycles. The van der Waals surface area contributed by atoms with Gasteiger partial charge in [-0.15, -0.1) is 0 Å². The first-order valence-corrected chi connectivity index (χ1v) is 5.90. The van der Waals surface area contributed by atoms with Crippen LogP contribution in [0.25, 0.3) is 0 Å². The van der Waals surface area contributed by atoms with E-state index in [0.29, 0.717) is 11.6 Å². The van der Waals surface area contributed by atoms with E-state index in [1.807, 2.05) is 18.2 Å². The summed E-state index contributed by atoms with van der Waals surface area (Å²) in [5, 5.41) is 3.35. The molecule has 0 aromatic heterocycles. The maximum atomic E-state index is 11.8. The Labute approximate surface area is 102 Å². The molecule has 1 atom stereocenters. The molecule has 0 radical (unpaired) electrons. The van der Waals surface area contributed by atoms with Crippen LogP contribution in [0, 0.1) is 0 Å². The second kappa shape index (κ2) is 4.65. The topological polar surface area (TPSA) is 41.6 Å². The monoisotopic (exact) mass is 234 g/mol. The Hall–Kier alpha value is -1.71. The molecular formula is C13H18N2O2. The van der Waals surface area contributed by atoms with E-state index in [2.05, 4.69) is 24.1 Å². The zero-order valence-corrected chi connectivity index (χ0v) is 10.5. The number of benzene rings is 1. The number of rotatable bonds is 2. The van der Waals surface area contributed by atoms with Gasteiger partial charge in [0, 0.05) is 19.1 Å². The Morgan fingerprint density at radius 3 is 3.00 bits per heavy atom. The lowest BCUT2D eigenvalue weighted by Gasteiger charge is -2.37. The quantitative estimate of drug-likeness (QED) is 0.796. The highest BCUT2D eigenvalue weighted by Crippen LogP contribution is 2.35. The van der Waals surface area contributed by atoms with Crippen molar-refractivity contribution >= 4 is 17.3 Å². The molecule has 2 rings (SSSR count). The number of fused-ring (bicyclic) bond motifs is 1. The number of carbonyl (C=O) groups excluding carboxylic acids is 1. The predicted molar refractivity (Wildman–Crippen MR) is 68.8 cm³/mol. The van der Waals surface area contributed by atoms with Gasteiger partial charge in [0.15, 0.2) is 0 Å². The molecule has 1 unspecified atom stereocenters. The molecule has 0 saturated heterocycles. The summed E-state index contributed by atoms with van der Waals surface area (Å²) >= 11 is 0. The second-order valence-corrected chi connectivity index (χ2v) is 4.21. The molecule has 17 heavy (non-hydrogen) atoms. The lowest BCUT2D eigenvalue weighted by atomic mass is 10.0. The molecule has 0 spiro atoms. The van der Waals surface area contributed by atoms with Gasteiger partial charge in [0.25, 0.3) is 0 Å². The van der Waals surface area contributed by atoms with Gasteiger partial charge >= 0.3 is 5.97 Å². The minimum atomic E-state index is -0.281. The van der Waals surface area contributed by atoms with Crippen molar-refractivity contribution < 1.29 is 9.53 Å². The predicted octanol–water partition coefficient (Wildman–Crippen LogP) is 2.11. The number of nitrogens with zero attached hydrogens (tertiary/aromatic N) is 1. The number of nitrogens with one attached hydrogen (secondary N) is 1. The van der Waals surface area contributed by atoms with Crippen molar-refractivity contribution in [3.05, 3.63) is 23.8 Å². The van der Waals surface area contributed by atoms with E-state index >= 15 is 0 Å². The number of methoxy groups -OCH3 is 1. The number of carbonyl (C=O) groups is 1. The molecule has 1 aliphatic rings. The Kier molecular flexibility index (Phi) is 3.22. The third-order valence-corrected chi connectivity index (χ3v) is 3.19. The molecule has 4 nitrogen and oxygen atoms in total. The second-order valence-electron chi connectivity index (χ2n) is 4.21. The van der Waals surface area contributed by atoms with Gasteiger partial charge in [0.1, 0.15) is 0 Å². The fraction of sp³-hybridized carbons (Fsp3) is 0.462. The molecular weight excluding hydrogens is 216 g/mol. The first kappa shape index (κ1) is 11.8. The molecule has 0 bridgehead atoms. The lowest BCUT2D eigenvalue weighted by molar-refractivity contribution is 0.0601. The summed E-state index contributed by atoms with van der Waals surface area (Å²) in [6, 6.07) is 6.06. The molecule has 92 valence electrons. The average molecular weight is 234 g/mol. The number of ether oxygens (including phenoxy) is 1. The van der Waals surface area contributed by atoms with Gasteiger partial charge in [0.2, 0.25) is 0 Å². The van der Waals surface area contributed by atoms with Gasteiger partial charge in [-0.2, -0.15) is 0 Å². The average Bonchev–Trinajstić information content (AvgIpc) is 2.37. The van der Waals surface area contributed by atoms with Crippen LogP contribution in [0.3, 0.4) is 0 Å². The minimum Gasteiger partial charge on any atom is -0.465 e. The van der Waals surface area contributed by atoms with Crippen LogP contribution in [-0.4, -0.2) is 32.2 Å². The van der Waals surface area contributed by atoms with E-state index in [-0.39, 0.29) is 5.97 Å². The SMILES string of the molecule is CCN1c2c(cccc2C(=O)OC)NCC1C. The number of likely N-dealkylation sites (N-methyl/N-ethyl adjacent to an activating group) is 1. The van der Waals surface area contributed by atoms with E-state index in [0.717, 1.165) is 24.5 Å². The maximum absolute atomic E-state index is 11.8. The van der Waals surface area contributed by atoms with Crippen molar-refractivity contribution in [3.8, 4) is 0 Å². The normalized spacial score (nSPS) is 18.3. The van der Waals surface area contributed by atoms with Crippen LogP contribution in [0.4, 0.5) is 11.4 Å². The van der Waals surface area contributed by atoms with Gasteiger partial charge in [-0.25, -0.2) is 4.79 Å². The van der Waals surface area contributed by atoms with Crippen molar-refractivity contribution in [1.29, 1.82) is 0 Å². The summed E-state index contributed by atoms with van der Waals surface area (Å²) in [5.74, 6) is -0.281. The fourth-order valence-electron chi connectivity index (χ4n) is 2.33. The van der Waals surface area contributed by atoms with E-state index in [1.165, 1.54) is 7.11 Å². The van der Waals surface area contributed by atoms with Gasteiger partial charge in [-0.05, 0) is 26.0 Å². The molecule has 4 heteroatoms. The van der Waals surface area contributed by atoms with Crippen molar-refractivity contribution in [2.75, 3.05) is 30.4 Å². The molecule has 1 heterocycles. The molecule has 0 amide bonds. The number of esters is 1. The van der Waals surface area contributed by atoms with Crippen molar-refractivity contribution in [2.45, 2.75) is 19.9 Å². The Morgan fingerprint density at radius 1 is 1.59 bits per heavy atom. The standard InChI is InChI=1S/C13H18N2O2/c1-4-15-9(2)8-14-11-7-5-6-10(12(11)15)13(16)17-3/h5-7,9,14H,4,8H2,1-3H3.